The van der Waals surface area contributed by atoms with Crippen LogP contribution in [0, 0.1) is 0 Å². The fourth-order valence-corrected chi connectivity index (χ4v) is 5.36. The molecule has 2 heterocycles. The first-order valence-electron chi connectivity index (χ1n) is 7.52. The minimum Gasteiger partial charge on any atom is -0.478 e. The molecule has 2 rings (SSSR count). The van der Waals surface area contributed by atoms with Gasteiger partial charge in [0.15, 0.2) is 0 Å². The summed E-state index contributed by atoms with van der Waals surface area (Å²) in [5.41, 5.74) is 0.571. The van der Waals surface area contributed by atoms with Crippen molar-refractivity contribution < 1.29 is 23.1 Å². The molecule has 1 aliphatic heterocycles. The van der Waals surface area contributed by atoms with Gasteiger partial charge < -0.3 is 15.2 Å². The van der Waals surface area contributed by atoms with Crippen LogP contribution >= 0.6 is 11.3 Å². The number of carboxylic acids is 1. The van der Waals surface area contributed by atoms with Gasteiger partial charge in [0.05, 0.1) is 11.7 Å². The van der Waals surface area contributed by atoms with Crippen LogP contribution in [-0.4, -0.2) is 45.3 Å². The number of hydrogen-bond acceptors (Lipinski definition) is 6. The Balaban J connectivity index is 2.13. The van der Waals surface area contributed by atoms with Crippen molar-refractivity contribution in [3.63, 3.8) is 0 Å². The molecule has 0 spiro atoms. The van der Waals surface area contributed by atoms with Crippen LogP contribution < -0.4 is 10.0 Å². The van der Waals surface area contributed by atoms with Gasteiger partial charge in [-0.15, -0.1) is 11.3 Å². The fourth-order valence-electron chi connectivity index (χ4n) is 2.38. The van der Waals surface area contributed by atoms with Gasteiger partial charge >= 0.3 is 5.97 Å². The van der Waals surface area contributed by atoms with E-state index in [2.05, 4.69) is 10.0 Å². The van der Waals surface area contributed by atoms with Crippen LogP contribution in [0.1, 0.15) is 41.1 Å². The molecule has 9 heteroatoms. The summed E-state index contributed by atoms with van der Waals surface area (Å²) in [6, 6.07) is 0. The van der Waals surface area contributed by atoms with Crippen molar-refractivity contribution >= 4 is 27.3 Å². The Morgan fingerprint density at radius 3 is 2.87 bits per heavy atom. The van der Waals surface area contributed by atoms with Crippen LogP contribution in [0.3, 0.4) is 0 Å². The number of hydrogen-bond donors (Lipinski definition) is 3. The third kappa shape index (κ3) is 4.51. The van der Waals surface area contributed by atoms with E-state index in [0.29, 0.717) is 38.1 Å². The van der Waals surface area contributed by atoms with Crippen molar-refractivity contribution in [2.45, 2.75) is 43.5 Å². The molecule has 0 fully saturated rings. The molecule has 7 nitrogen and oxygen atoms in total. The van der Waals surface area contributed by atoms with E-state index in [1.165, 1.54) is 0 Å². The SMILES string of the molecule is CC(C)OCCCNS(=O)(=O)c1sc2c(c1C(=O)O)CCNC2. The highest BCUT2D eigenvalue weighted by Gasteiger charge is 2.31. The van der Waals surface area contributed by atoms with Gasteiger partial charge in [-0.1, -0.05) is 0 Å². The van der Waals surface area contributed by atoms with E-state index >= 15 is 0 Å². The summed E-state index contributed by atoms with van der Waals surface area (Å²) >= 11 is 1.04. The number of aromatic carboxylic acids is 1. The van der Waals surface area contributed by atoms with Crippen LogP contribution in [0.2, 0.25) is 0 Å². The van der Waals surface area contributed by atoms with E-state index in [9.17, 15) is 18.3 Å². The van der Waals surface area contributed by atoms with Gasteiger partial charge in [-0.3, -0.25) is 0 Å². The summed E-state index contributed by atoms with van der Waals surface area (Å²) < 4.78 is 32.6. The highest BCUT2D eigenvalue weighted by atomic mass is 32.2. The molecule has 0 saturated heterocycles. The Hall–Kier alpha value is -1.00. The second-order valence-corrected chi connectivity index (χ2v) is 8.64. The van der Waals surface area contributed by atoms with E-state index in [4.69, 9.17) is 4.74 Å². The first kappa shape index (κ1) is 18.3. The molecule has 1 aromatic heterocycles. The molecule has 130 valence electrons. The van der Waals surface area contributed by atoms with Crippen molar-refractivity contribution in [2.24, 2.45) is 0 Å². The van der Waals surface area contributed by atoms with Crippen LogP contribution in [0.25, 0.3) is 0 Å². The molecule has 3 N–H and O–H groups in total. The number of carbonyl (C=O) groups is 1. The Labute approximate surface area is 140 Å². The monoisotopic (exact) mass is 362 g/mol. The highest BCUT2D eigenvalue weighted by Crippen LogP contribution is 2.34. The maximum atomic E-state index is 12.4. The maximum absolute atomic E-state index is 12.4. The average Bonchev–Trinajstić information content (AvgIpc) is 2.87. The normalized spacial score (nSPS) is 14.9. The summed E-state index contributed by atoms with van der Waals surface area (Å²) in [5, 5.41) is 12.5. The molecule has 0 radical (unpaired) electrons. The average molecular weight is 362 g/mol. The molecule has 1 aromatic rings. The Kier molecular flexibility index (Phi) is 6.15. The van der Waals surface area contributed by atoms with Gasteiger partial charge in [0.2, 0.25) is 0 Å². The quantitative estimate of drug-likeness (QED) is 0.600. The minimum absolute atomic E-state index is 0.0718. The number of sulfonamides is 1. The minimum atomic E-state index is -3.83. The van der Waals surface area contributed by atoms with Crippen molar-refractivity contribution in [2.75, 3.05) is 19.7 Å². The molecule has 23 heavy (non-hydrogen) atoms. The van der Waals surface area contributed by atoms with Crippen LogP contribution in [0.15, 0.2) is 4.21 Å². The molecule has 0 atom stereocenters. The molecule has 0 unspecified atom stereocenters. The summed E-state index contributed by atoms with van der Waals surface area (Å²) in [6.45, 7) is 5.66. The lowest BCUT2D eigenvalue weighted by Gasteiger charge is -2.12. The molecule has 0 saturated carbocycles. The van der Waals surface area contributed by atoms with Crippen LogP contribution in [-0.2, 0) is 27.7 Å². The Morgan fingerprint density at radius 2 is 2.22 bits per heavy atom. The lowest BCUT2D eigenvalue weighted by atomic mass is 10.1. The van der Waals surface area contributed by atoms with Gasteiger partial charge in [0, 0.05) is 24.6 Å². The van der Waals surface area contributed by atoms with E-state index in [0.717, 1.165) is 16.2 Å². The van der Waals surface area contributed by atoms with Gasteiger partial charge in [-0.2, -0.15) is 0 Å². The first-order valence-corrected chi connectivity index (χ1v) is 9.82. The van der Waals surface area contributed by atoms with Crippen molar-refractivity contribution in [3.05, 3.63) is 16.0 Å². The van der Waals surface area contributed by atoms with E-state index in [-0.39, 0.29) is 22.4 Å². The molecular weight excluding hydrogens is 340 g/mol. The van der Waals surface area contributed by atoms with E-state index < -0.39 is 16.0 Å². The molecule has 0 bridgehead atoms. The smallest absolute Gasteiger partial charge is 0.338 e. The third-order valence-electron chi connectivity index (χ3n) is 3.42. The van der Waals surface area contributed by atoms with E-state index in [1.807, 2.05) is 13.8 Å². The zero-order chi connectivity index (χ0) is 17.0. The lowest BCUT2D eigenvalue weighted by Crippen LogP contribution is -2.27. The number of rotatable bonds is 8. The Morgan fingerprint density at radius 1 is 1.48 bits per heavy atom. The third-order valence-corrected chi connectivity index (χ3v) is 6.63. The maximum Gasteiger partial charge on any atom is 0.338 e. The van der Waals surface area contributed by atoms with Crippen molar-refractivity contribution in [1.82, 2.24) is 10.0 Å². The molecule has 1 aliphatic rings. The number of fused-ring (bicyclic) bond motifs is 1. The molecular formula is C14H22N2O5S2. The van der Waals surface area contributed by atoms with E-state index in [1.54, 1.807) is 0 Å². The standard InChI is InChI=1S/C14H22N2O5S2/c1-9(2)21-7-3-5-16-23(19,20)14-12(13(17)18)10-4-6-15-8-11(10)22-14/h9,15-16H,3-8H2,1-2H3,(H,17,18). The summed E-state index contributed by atoms with van der Waals surface area (Å²) in [4.78, 5) is 12.3. The predicted molar refractivity (Wildman–Crippen MR) is 87.6 cm³/mol. The first-order chi connectivity index (χ1) is 10.8. The highest BCUT2D eigenvalue weighted by molar-refractivity contribution is 7.91. The number of carboxylic acid groups (broad SMARTS) is 1. The topological polar surface area (TPSA) is 105 Å². The van der Waals surface area contributed by atoms with Gasteiger partial charge in [0.1, 0.15) is 4.21 Å². The number of ether oxygens (including phenoxy) is 1. The van der Waals surface area contributed by atoms with Crippen molar-refractivity contribution in [3.8, 4) is 0 Å². The van der Waals surface area contributed by atoms with Gasteiger partial charge in [-0.25, -0.2) is 17.9 Å². The summed E-state index contributed by atoms with van der Waals surface area (Å²) in [5.74, 6) is -1.19. The van der Waals surface area contributed by atoms with Gasteiger partial charge in [0.25, 0.3) is 10.0 Å². The predicted octanol–water partition coefficient (Wildman–Crippen LogP) is 1.19. The second kappa shape index (κ2) is 7.71. The number of thiophene rings is 1. The van der Waals surface area contributed by atoms with Crippen LogP contribution in [0.5, 0.6) is 0 Å². The lowest BCUT2D eigenvalue weighted by molar-refractivity contribution is 0.0691. The molecule has 0 aromatic carbocycles. The van der Waals surface area contributed by atoms with Crippen LogP contribution in [0.4, 0.5) is 0 Å². The fraction of sp³-hybridized carbons (Fsp3) is 0.643. The molecule has 0 amide bonds. The number of nitrogens with one attached hydrogen (secondary N) is 2. The van der Waals surface area contributed by atoms with Gasteiger partial charge in [-0.05, 0) is 38.8 Å². The zero-order valence-corrected chi connectivity index (χ0v) is 14.8. The molecule has 0 aliphatic carbocycles. The largest absolute Gasteiger partial charge is 0.478 e. The summed E-state index contributed by atoms with van der Waals surface area (Å²) in [7, 11) is -3.83. The Bertz CT molecular complexity index is 667. The van der Waals surface area contributed by atoms with Crippen molar-refractivity contribution in [1.29, 1.82) is 0 Å². The second-order valence-electron chi connectivity index (χ2n) is 5.57. The summed E-state index contributed by atoms with van der Waals surface area (Å²) in [6.07, 6.45) is 1.17. The zero-order valence-electron chi connectivity index (χ0n) is 13.2.